The summed E-state index contributed by atoms with van der Waals surface area (Å²) in [5.41, 5.74) is 1.13. The van der Waals surface area contributed by atoms with E-state index in [0.717, 1.165) is 10.2 Å². The molecule has 88 valence electrons. The molecule has 2 rings (SSSR count). The number of benzene rings is 1. The fourth-order valence-electron chi connectivity index (χ4n) is 1.49. The third-order valence-corrected chi connectivity index (χ3v) is 2.94. The van der Waals surface area contributed by atoms with Gasteiger partial charge in [0.15, 0.2) is 5.78 Å². The van der Waals surface area contributed by atoms with Crippen molar-refractivity contribution in [3.8, 4) is 5.75 Å². The molecule has 0 aliphatic heterocycles. The second-order valence-corrected chi connectivity index (χ2v) is 4.27. The third kappa shape index (κ3) is 2.58. The number of carbonyl (C=O) groups excluding carboxylic acids is 1. The van der Waals surface area contributed by atoms with E-state index in [1.807, 2.05) is 6.92 Å². The summed E-state index contributed by atoms with van der Waals surface area (Å²) in [5, 5.41) is 0. The zero-order chi connectivity index (χ0) is 12.3. The van der Waals surface area contributed by atoms with Gasteiger partial charge in [-0.3, -0.25) is 4.79 Å². The van der Waals surface area contributed by atoms with Gasteiger partial charge in [0.2, 0.25) is 0 Å². The lowest BCUT2D eigenvalue weighted by molar-refractivity contribution is 0.103. The first-order valence-corrected chi connectivity index (χ1v) is 6.01. The van der Waals surface area contributed by atoms with Crippen molar-refractivity contribution in [1.29, 1.82) is 0 Å². The summed E-state index contributed by atoms with van der Waals surface area (Å²) in [7, 11) is 0. The number of ketones is 1. The minimum Gasteiger partial charge on any atom is -0.494 e. The van der Waals surface area contributed by atoms with Gasteiger partial charge in [0.05, 0.1) is 18.4 Å². The van der Waals surface area contributed by atoms with Gasteiger partial charge in [-0.1, -0.05) is 0 Å². The van der Waals surface area contributed by atoms with E-state index >= 15 is 0 Å². The van der Waals surface area contributed by atoms with Crippen LogP contribution in [-0.2, 0) is 0 Å². The number of furan rings is 1. The monoisotopic (exact) mass is 294 g/mol. The van der Waals surface area contributed by atoms with Gasteiger partial charge < -0.3 is 9.15 Å². The molecule has 0 radical (unpaired) electrons. The average molecular weight is 295 g/mol. The smallest absolute Gasteiger partial charge is 0.197 e. The van der Waals surface area contributed by atoms with Gasteiger partial charge in [0.25, 0.3) is 0 Å². The van der Waals surface area contributed by atoms with E-state index in [4.69, 9.17) is 9.15 Å². The molecule has 0 spiro atoms. The summed E-state index contributed by atoms with van der Waals surface area (Å²) in [4.78, 5) is 12.1. The molecule has 3 nitrogen and oxygen atoms in total. The van der Waals surface area contributed by atoms with Crippen molar-refractivity contribution in [3.05, 3.63) is 52.4 Å². The van der Waals surface area contributed by atoms with E-state index in [0.29, 0.717) is 17.7 Å². The van der Waals surface area contributed by atoms with Gasteiger partial charge in [-0.25, -0.2) is 0 Å². The summed E-state index contributed by atoms with van der Waals surface area (Å²) in [6.45, 7) is 2.51. The molecule has 4 heteroatoms. The van der Waals surface area contributed by atoms with Gasteiger partial charge in [0.1, 0.15) is 12.0 Å². The van der Waals surface area contributed by atoms with Crippen LogP contribution in [0.5, 0.6) is 5.75 Å². The first-order chi connectivity index (χ1) is 8.22. The molecule has 0 atom stereocenters. The number of hydrogen-bond acceptors (Lipinski definition) is 3. The number of halogens is 1. The number of carbonyl (C=O) groups is 1. The van der Waals surface area contributed by atoms with Crippen LogP contribution in [0.25, 0.3) is 0 Å². The molecule has 0 amide bonds. The predicted octanol–water partition coefficient (Wildman–Crippen LogP) is 3.67. The van der Waals surface area contributed by atoms with Crippen molar-refractivity contribution in [2.75, 3.05) is 6.61 Å². The molecule has 17 heavy (non-hydrogen) atoms. The predicted molar refractivity (Wildman–Crippen MR) is 67.5 cm³/mol. The van der Waals surface area contributed by atoms with E-state index in [1.54, 1.807) is 24.3 Å². The fourth-order valence-corrected chi connectivity index (χ4v) is 2.02. The lowest BCUT2D eigenvalue weighted by Crippen LogP contribution is -2.01. The highest BCUT2D eigenvalue weighted by molar-refractivity contribution is 9.10. The van der Waals surface area contributed by atoms with Crippen molar-refractivity contribution in [2.45, 2.75) is 6.92 Å². The molecule has 1 heterocycles. The molecular formula is C13H11BrO3. The summed E-state index contributed by atoms with van der Waals surface area (Å²) in [6.07, 6.45) is 2.92. The standard InChI is InChI=1S/C13H11BrO3/c1-2-17-10-3-4-11(12(14)7-10)13(15)9-5-6-16-8-9/h3-8H,2H2,1H3. The van der Waals surface area contributed by atoms with Gasteiger partial charge >= 0.3 is 0 Å². The number of rotatable bonds is 4. The lowest BCUT2D eigenvalue weighted by atomic mass is 10.1. The molecule has 0 bridgehead atoms. The maximum atomic E-state index is 12.1. The normalized spacial score (nSPS) is 10.2. The summed E-state index contributed by atoms with van der Waals surface area (Å²) in [5.74, 6) is 0.664. The molecule has 0 saturated heterocycles. The highest BCUT2D eigenvalue weighted by Crippen LogP contribution is 2.25. The number of ether oxygens (including phenoxy) is 1. The molecule has 0 unspecified atom stereocenters. The largest absolute Gasteiger partial charge is 0.494 e. The van der Waals surface area contributed by atoms with Crippen LogP contribution < -0.4 is 4.74 Å². The molecule has 2 aromatic rings. The molecule has 1 aromatic heterocycles. The summed E-state index contributed by atoms with van der Waals surface area (Å²) >= 11 is 3.37. The topological polar surface area (TPSA) is 39.4 Å². The third-order valence-electron chi connectivity index (χ3n) is 2.28. The van der Waals surface area contributed by atoms with Gasteiger partial charge in [0, 0.05) is 10.0 Å². The Morgan fingerprint density at radius 2 is 2.24 bits per heavy atom. The van der Waals surface area contributed by atoms with Crippen molar-refractivity contribution >= 4 is 21.7 Å². The molecule has 0 N–H and O–H groups in total. The molecule has 0 saturated carbocycles. The van der Waals surface area contributed by atoms with Gasteiger partial charge in [-0.05, 0) is 47.1 Å². The molecule has 0 aliphatic rings. The maximum Gasteiger partial charge on any atom is 0.197 e. The first-order valence-electron chi connectivity index (χ1n) is 5.21. The summed E-state index contributed by atoms with van der Waals surface area (Å²) < 4.78 is 11.0. The highest BCUT2D eigenvalue weighted by atomic mass is 79.9. The molecule has 1 aromatic carbocycles. The van der Waals surface area contributed by atoms with Crippen LogP contribution in [0.3, 0.4) is 0 Å². The average Bonchev–Trinajstić information content (AvgIpc) is 2.82. The maximum absolute atomic E-state index is 12.1. The molecular weight excluding hydrogens is 284 g/mol. The Morgan fingerprint density at radius 3 is 2.82 bits per heavy atom. The Kier molecular flexibility index (Phi) is 3.64. The van der Waals surface area contributed by atoms with E-state index in [-0.39, 0.29) is 5.78 Å². The van der Waals surface area contributed by atoms with E-state index in [2.05, 4.69) is 15.9 Å². The molecule has 0 aliphatic carbocycles. The zero-order valence-electron chi connectivity index (χ0n) is 9.27. The Bertz CT molecular complexity index is 517. The van der Waals surface area contributed by atoms with Gasteiger partial charge in [-0.2, -0.15) is 0 Å². The van der Waals surface area contributed by atoms with Crippen LogP contribution in [0.15, 0.2) is 45.7 Å². The Hall–Kier alpha value is -1.55. The van der Waals surface area contributed by atoms with Crippen molar-refractivity contribution in [1.82, 2.24) is 0 Å². The van der Waals surface area contributed by atoms with Crippen LogP contribution in [-0.4, -0.2) is 12.4 Å². The lowest BCUT2D eigenvalue weighted by Gasteiger charge is -2.06. The fraction of sp³-hybridized carbons (Fsp3) is 0.154. The Balaban J connectivity index is 2.31. The van der Waals surface area contributed by atoms with E-state index in [9.17, 15) is 4.79 Å². The van der Waals surface area contributed by atoms with Crippen LogP contribution in [0.4, 0.5) is 0 Å². The van der Waals surface area contributed by atoms with Crippen LogP contribution in [0.1, 0.15) is 22.8 Å². The highest BCUT2D eigenvalue weighted by Gasteiger charge is 2.14. The van der Waals surface area contributed by atoms with Crippen LogP contribution in [0.2, 0.25) is 0 Å². The first kappa shape index (κ1) is 11.9. The zero-order valence-corrected chi connectivity index (χ0v) is 10.9. The van der Waals surface area contributed by atoms with Gasteiger partial charge in [-0.15, -0.1) is 0 Å². The van der Waals surface area contributed by atoms with E-state index < -0.39 is 0 Å². The quantitative estimate of drug-likeness (QED) is 0.808. The second kappa shape index (κ2) is 5.19. The Morgan fingerprint density at radius 1 is 1.41 bits per heavy atom. The minimum atomic E-state index is -0.0753. The Labute approximate surface area is 108 Å². The van der Waals surface area contributed by atoms with Crippen LogP contribution in [0, 0.1) is 0 Å². The van der Waals surface area contributed by atoms with Crippen molar-refractivity contribution < 1.29 is 13.9 Å². The van der Waals surface area contributed by atoms with Crippen molar-refractivity contribution in [3.63, 3.8) is 0 Å². The molecule has 0 fully saturated rings. The minimum absolute atomic E-state index is 0.0753. The van der Waals surface area contributed by atoms with Crippen molar-refractivity contribution in [2.24, 2.45) is 0 Å². The second-order valence-electron chi connectivity index (χ2n) is 3.42. The number of hydrogen-bond donors (Lipinski definition) is 0. The SMILES string of the molecule is CCOc1ccc(C(=O)c2ccoc2)c(Br)c1. The summed E-state index contributed by atoms with van der Waals surface area (Å²) in [6, 6.07) is 6.95. The van der Waals surface area contributed by atoms with Crippen LogP contribution >= 0.6 is 15.9 Å². The van der Waals surface area contributed by atoms with E-state index in [1.165, 1.54) is 12.5 Å².